The van der Waals surface area contributed by atoms with Crippen LogP contribution in [0.4, 0.5) is 15.9 Å². The maximum Gasteiger partial charge on any atom is 0.263 e. The van der Waals surface area contributed by atoms with Gasteiger partial charge < -0.3 is 31.2 Å². The van der Waals surface area contributed by atoms with Crippen LogP contribution in [-0.2, 0) is 22.3 Å². The molecule has 198 valence electrons. The fraction of sp³-hybridized carbons (Fsp3) is 0.500. The second kappa shape index (κ2) is 10.5. The molecule has 2 aliphatic rings. The van der Waals surface area contributed by atoms with Gasteiger partial charge in [0.15, 0.2) is 0 Å². The molecule has 9 nitrogen and oxygen atoms in total. The van der Waals surface area contributed by atoms with Gasteiger partial charge in [-0.3, -0.25) is 4.79 Å². The molecule has 0 spiro atoms. The summed E-state index contributed by atoms with van der Waals surface area (Å²) in [7, 11) is 1.62. The molecule has 3 unspecified atom stereocenters. The summed E-state index contributed by atoms with van der Waals surface area (Å²) in [5.41, 5.74) is 16.2. The van der Waals surface area contributed by atoms with Gasteiger partial charge in [0.05, 0.1) is 31.0 Å². The Hall–Kier alpha value is -2.86. The predicted molar refractivity (Wildman–Crippen MR) is 143 cm³/mol. The van der Waals surface area contributed by atoms with Gasteiger partial charge in [-0.15, -0.1) is 11.3 Å². The van der Waals surface area contributed by atoms with E-state index in [2.05, 4.69) is 10.3 Å². The summed E-state index contributed by atoms with van der Waals surface area (Å²) in [6, 6.07) is 3.04. The summed E-state index contributed by atoms with van der Waals surface area (Å²) in [5.74, 6) is 0.0118. The number of methoxy groups -OCH3 is 1. The first-order valence-corrected chi connectivity index (χ1v) is 13.3. The molecule has 1 fully saturated rings. The van der Waals surface area contributed by atoms with Crippen molar-refractivity contribution in [2.45, 2.75) is 51.3 Å². The highest BCUT2D eigenvalue weighted by Gasteiger charge is 2.33. The molecule has 0 radical (unpaired) electrons. The van der Waals surface area contributed by atoms with E-state index in [0.29, 0.717) is 67.5 Å². The van der Waals surface area contributed by atoms with Crippen LogP contribution in [0.25, 0.3) is 10.2 Å². The molecule has 3 aromatic rings. The minimum Gasteiger partial charge on any atom is -0.397 e. The van der Waals surface area contributed by atoms with E-state index in [4.69, 9.17) is 25.9 Å². The first-order valence-electron chi connectivity index (χ1n) is 12.5. The van der Waals surface area contributed by atoms with Crippen LogP contribution in [-0.4, -0.2) is 67.5 Å². The predicted octanol–water partition coefficient (Wildman–Crippen LogP) is 2.50. The van der Waals surface area contributed by atoms with E-state index in [9.17, 15) is 4.79 Å². The van der Waals surface area contributed by atoms with E-state index in [1.807, 2.05) is 24.8 Å². The summed E-state index contributed by atoms with van der Waals surface area (Å²) < 4.78 is 26.1. The largest absolute Gasteiger partial charge is 0.397 e. The van der Waals surface area contributed by atoms with Gasteiger partial charge in [0, 0.05) is 54.6 Å². The molecule has 0 aromatic carbocycles. The molecule has 0 bridgehead atoms. The van der Waals surface area contributed by atoms with Crippen molar-refractivity contribution in [2.75, 3.05) is 44.0 Å². The normalized spacial score (nSPS) is 21.4. The second-order valence-corrected chi connectivity index (χ2v) is 10.9. The van der Waals surface area contributed by atoms with Gasteiger partial charge in [-0.05, 0) is 44.7 Å². The number of nitrogens with one attached hydrogen (secondary N) is 1. The Bertz CT molecular complexity index is 1330. The standard InChI is InChI=1S/C26H33FN6O3S/c1-13-8-14(2)30-26-22(13)23(29)24(37-26)25(34)31-15-4-5-19-16(9-15)17(27)10-21(32-19)33-11-18(28)20(12-33)36-7-6-35-3/h8,10,15,18,20H,4-7,9,11-12,28-29H2,1-3H3,(H,31,34). The summed E-state index contributed by atoms with van der Waals surface area (Å²) in [5, 5.41) is 3.88. The maximum atomic E-state index is 15.3. The highest BCUT2D eigenvalue weighted by Crippen LogP contribution is 2.35. The van der Waals surface area contributed by atoms with Crippen LogP contribution in [0.5, 0.6) is 0 Å². The number of aromatic nitrogens is 2. The number of halogens is 1. The highest BCUT2D eigenvalue weighted by atomic mass is 32.1. The molecule has 5 N–H and O–H groups in total. The molecule has 0 saturated carbocycles. The van der Waals surface area contributed by atoms with E-state index >= 15 is 4.39 Å². The van der Waals surface area contributed by atoms with Gasteiger partial charge in [-0.25, -0.2) is 14.4 Å². The van der Waals surface area contributed by atoms with Crippen molar-refractivity contribution in [3.8, 4) is 0 Å². The number of aryl methyl sites for hydroxylation is 3. The second-order valence-electron chi connectivity index (χ2n) is 9.88. The van der Waals surface area contributed by atoms with Gasteiger partial charge in [0.25, 0.3) is 5.91 Å². The van der Waals surface area contributed by atoms with Crippen LogP contribution in [0.1, 0.15) is 38.6 Å². The third kappa shape index (κ3) is 5.13. The average molecular weight is 529 g/mol. The fourth-order valence-corrected chi connectivity index (χ4v) is 6.40. The van der Waals surface area contributed by atoms with Gasteiger partial charge in [0.1, 0.15) is 21.3 Å². The fourth-order valence-electron chi connectivity index (χ4n) is 5.28. The lowest BCUT2D eigenvalue weighted by Gasteiger charge is -2.27. The number of hydrogen-bond donors (Lipinski definition) is 3. The van der Waals surface area contributed by atoms with E-state index < -0.39 is 0 Å². The van der Waals surface area contributed by atoms with Crippen molar-refractivity contribution in [3.63, 3.8) is 0 Å². The third-order valence-corrected chi connectivity index (χ3v) is 8.24. The molecule has 3 atom stereocenters. The number of thiophene rings is 1. The maximum absolute atomic E-state index is 15.3. The number of nitrogens with zero attached hydrogens (tertiary/aromatic N) is 3. The van der Waals surface area contributed by atoms with Crippen molar-refractivity contribution in [2.24, 2.45) is 5.73 Å². The van der Waals surface area contributed by atoms with E-state index in [1.54, 1.807) is 7.11 Å². The van der Waals surface area contributed by atoms with Crippen molar-refractivity contribution in [1.29, 1.82) is 0 Å². The molecule has 5 rings (SSSR count). The van der Waals surface area contributed by atoms with Gasteiger partial charge in [-0.1, -0.05) is 0 Å². The Morgan fingerprint density at radius 3 is 2.86 bits per heavy atom. The summed E-state index contributed by atoms with van der Waals surface area (Å²) in [4.78, 5) is 25.6. The molecule has 1 amide bonds. The molecule has 1 saturated heterocycles. The Morgan fingerprint density at radius 2 is 2.08 bits per heavy atom. The number of carbonyl (C=O) groups is 1. The van der Waals surface area contributed by atoms with Crippen LogP contribution in [0.3, 0.4) is 0 Å². The lowest BCUT2D eigenvalue weighted by molar-refractivity contribution is 0.0212. The quantitative estimate of drug-likeness (QED) is 0.399. The van der Waals surface area contributed by atoms with Gasteiger partial charge >= 0.3 is 0 Å². The zero-order valence-corrected chi connectivity index (χ0v) is 22.2. The van der Waals surface area contributed by atoms with Crippen LogP contribution < -0.4 is 21.7 Å². The molecular formula is C26H33FN6O3S. The van der Waals surface area contributed by atoms with Crippen LogP contribution >= 0.6 is 11.3 Å². The first kappa shape index (κ1) is 25.8. The number of anilines is 2. The number of hydrogen-bond acceptors (Lipinski definition) is 9. The number of rotatable bonds is 7. The van der Waals surface area contributed by atoms with E-state index in [0.717, 1.165) is 27.2 Å². The minimum absolute atomic E-state index is 0.153. The minimum atomic E-state index is -0.312. The molecule has 1 aliphatic heterocycles. The van der Waals surface area contributed by atoms with Crippen molar-refractivity contribution in [1.82, 2.24) is 15.3 Å². The topological polar surface area (TPSA) is 129 Å². The van der Waals surface area contributed by atoms with Crippen LogP contribution in [0.2, 0.25) is 0 Å². The SMILES string of the molecule is COCCOC1CN(c2cc(F)c3c(n2)CCC(NC(=O)c2sc4nc(C)cc(C)c4c2N)C3)CC1N. The average Bonchev–Trinajstić information content (AvgIpc) is 3.39. The zero-order valence-electron chi connectivity index (χ0n) is 21.3. The van der Waals surface area contributed by atoms with Crippen LogP contribution in [0, 0.1) is 19.7 Å². The Labute approximate surface area is 219 Å². The van der Waals surface area contributed by atoms with E-state index in [1.165, 1.54) is 17.4 Å². The monoisotopic (exact) mass is 528 g/mol. The number of pyridine rings is 2. The number of fused-ring (bicyclic) bond motifs is 2. The highest BCUT2D eigenvalue weighted by molar-refractivity contribution is 7.21. The molecule has 11 heteroatoms. The summed E-state index contributed by atoms with van der Waals surface area (Å²) >= 11 is 1.29. The molecular weight excluding hydrogens is 495 g/mol. The lowest BCUT2D eigenvalue weighted by Crippen LogP contribution is -2.39. The van der Waals surface area contributed by atoms with Crippen molar-refractivity contribution < 1.29 is 18.7 Å². The van der Waals surface area contributed by atoms with Crippen LogP contribution in [0.15, 0.2) is 12.1 Å². The summed E-state index contributed by atoms with van der Waals surface area (Å²) in [6.45, 7) is 5.95. The Morgan fingerprint density at radius 1 is 1.27 bits per heavy atom. The smallest absolute Gasteiger partial charge is 0.263 e. The number of nitrogen functional groups attached to an aromatic ring is 1. The Balaban J connectivity index is 1.27. The molecule has 3 aromatic heterocycles. The number of carbonyl (C=O) groups excluding carboxylic acids is 1. The van der Waals surface area contributed by atoms with Gasteiger partial charge in [-0.2, -0.15) is 0 Å². The third-order valence-electron chi connectivity index (χ3n) is 7.14. The van der Waals surface area contributed by atoms with Crippen molar-refractivity contribution >= 4 is 39.0 Å². The zero-order chi connectivity index (χ0) is 26.3. The molecule has 1 aliphatic carbocycles. The van der Waals surface area contributed by atoms with Crippen molar-refractivity contribution in [3.05, 3.63) is 45.3 Å². The molecule has 4 heterocycles. The molecule has 37 heavy (non-hydrogen) atoms. The number of ether oxygens (including phenoxy) is 2. The first-order chi connectivity index (χ1) is 17.7. The number of nitrogens with two attached hydrogens (primary N) is 2. The van der Waals surface area contributed by atoms with E-state index in [-0.39, 0.29) is 29.9 Å². The lowest BCUT2D eigenvalue weighted by atomic mass is 9.91. The Kier molecular flexibility index (Phi) is 7.30. The summed E-state index contributed by atoms with van der Waals surface area (Å²) in [6.07, 6.45) is 1.46. The van der Waals surface area contributed by atoms with Gasteiger partial charge in [0.2, 0.25) is 0 Å². The number of amides is 1.